The number of allylic oxidation sites excluding steroid dienone is 6. The topological polar surface area (TPSA) is 9.23 Å². The van der Waals surface area contributed by atoms with Gasteiger partial charge < -0.3 is 4.74 Å². The molecule has 1 heteroatoms. The number of hydrogen-bond acceptors (Lipinski definition) is 1. The smallest absolute Gasteiger partial charge is 0.118 e. The van der Waals surface area contributed by atoms with Gasteiger partial charge in [0, 0.05) is 0 Å². The number of hydrogen-bond donors (Lipinski definition) is 0. The zero-order valence-electron chi connectivity index (χ0n) is 13.6. The first-order valence-corrected chi connectivity index (χ1v) is 7.31. The van der Waals surface area contributed by atoms with Crippen molar-refractivity contribution in [2.45, 2.75) is 27.2 Å². The Labute approximate surface area is 129 Å². The van der Waals surface area contributed by atoms with Gasteiger partial charge in [-0.1, -0.05) is 60.2 Å². The lowest BCUT2D eigenvalue weighted by Crippen LogP contribution is -1.92. The summed E-state index contributed by atoms with van der Waals surface area (Å²) < 4.78 is 5.16. The van der Waals surface area contributed by atoms with Gasteiger partial charge in [-0.15, -0.1) is 0 Å². The largest absolute Gasteiger partial charge is 0.497 e. The van der Waals surface area contributed by atoms with Crippen molar-refractivity contribution in [3.05, 3.63) is 71.9 Å². The van der Waals surface area contributed by atoms with Crippen LogP contribution < -0.4 is 4.74 Å². The van der Waals surface area contributed by atoms with Crippen LogP contribution in [0.15, 0.2) is 66.3 Å². The van der Waals surface area contributed by atoms with Gasteiger partial charge in [0.2, 0.25) is 0 Å². The first kappa shape index (κ1) is 17.0. The van der Waals surface area contributed by atoms with Crippen molar-refractivity contribution in [2.24, 2.45) is 5.92 Å². The lowest BCUT2D eigenvalue weighted by Gasteiger charge is -2.07. The number of ether oxygens (including phenoxy) is 1. The Bertz CT molecular complexity index is 525. The molecular weight excluding hydrogens is 256 g/mol. The predicted octanol–water partition coefficient (Wildman–Crippen LogP) is 5.81. The van der Waals surface area contributed by atoms with Crippen molar-refractivity contribution in [1.29, 1.82) is 0 Å². The Morgan fingerprint density at radius 3 is 2.33 bits per heavy atom. The molecule has 21 heavy (non-hydrogen) atoms. The second-order valence-corrected chi connectivity index (χ2v) is 5.43. The van der Waals surface area contributed by atoms with Gasteiger partial charge in [0.1, 0.15) is 5.75 Å². The minimum absolute atomic E-state index is 0.419. The van der Waals surface area contributed by atoms with E-state index in [1.54, 1.807) is 7.11 Å². The molecule has 1 aromatic rings. The molecule has 0 saturated heterocycles. The summed E-state index contributed by atoms with van der Waals surface area (Å²) in [7, 11) is 1.68. The molecule has 0 aliphatic carbocycles. The van der Waals surface area contributed by atoms with Crippen molar-refractivity contribution in [3.63, 3.8) is 0 Å². The van der Waals surface area contributed by atoms with E-state index >= 15 is 0 Å². The third-order valence-corrected chi connectivity index (χ3v) is 3.18. The molecule has 0 bridgehead atoms. The average molecular weight is 282 g/mol. The van der Waals surface area contributed by atoms with Gasteiger partial charge in [0.05, 0.1) is 7.11 Å². The van der Waals surface area contributed by atoms with Crippen molar-refractivity contribution in [1.82, 2.24) is 0 Å². The molecule has 0 aliphatic rings. The molecule has 0 heterocycles. The fraction of sp³-hybridized carbons (Fsp3) is 0.300. The molecule has 112 valence electrons. The molecule has 1 nitrogen and oxygen atoms in total. The van der Waals surface area contributed by atoms with Crippen LogP contribution in [0.1, 0.15) is 32.8 Å². The van der Waals surface area contributed by atoms with E-state index in [4.69, 9.17) is 4.74 Å². The predicted molar refractivity (Wildman–Crippen MR) is 93.5 cm³/mol. The molecule has 1 aromatic carbocycles. The summed E-state index contributed by atoms with van der Waals surface area (Å²) in [5, 5.41) is 0. The lowest BCUT2D eigenvalue weighted by molar-refractivity contribution is 0.415. The van der Waals surface area contributed by atoms with Crippen LogP contribution >= 0.6 is 0 Å². The fourth-order valence-electron chi connectivity index (χ4n) is 2.09. The SMILES string of the molecule is C=CC(C)=C[C@H](C=C(C)C)CC=Cc1ccc(OC)cc1. The van der Waals surface area contributed by atoms with Gasteiger partial charge in [-0.2, -0.15) is 0 Å². The number of rotatable bonds is 7. The maximum atomic E-state index is 5.16. The Kier molecular flexibility index (Phi) is 7.31. The van der Waals surface area contributed by atoms with Gasteiger partial charge in [0.25, 0.3) is 0 Å². The zero-order chi connectivity index (χ0) is 15.7. The monoisotopic (exact) mass is 282 g/mol. The number of benzene rings is 1. The number of methoxy groups -OCH3 is 1. The Morgan fingerprint density at radius 2 is 1.81 bits per heavy atom. The summed E-state index contributed by atoms with van der Waals surface area (Å²) in [6.07, 6.45) is 11.8. The van der Waals surface area contributed by atoms with Gasteiger partial charge in [0.15, 0.2) is 0 Å². The zero-order valence-corrected chi connectivity index (χ0v) is 13.6. The van der Waals surface area contributed by atoms with E-state index in [9.17, 15) is 0 Å². The molecule has 0 fully saturated rings. The third-order valence-electron chi connectivity index (χ3n) is 3.18. The van der Waals surface area contributed by atoms with Gasteiger partial charge in [-0.05, 0) is 50.8 Å². The summed E-state index contributed by atoms with van der Waals surface area (Å²) in [4.78, 5) is 0. The highest BCUT2D eigenvalue weighted by molar-refractivity contribution is 5.50. The Hall–Kier alpha value is -2.02. The van der Waals surface area contributed by atoms with Gasteiger partial charge >= 0.3 is 0 Å². The van der Waals surface area contributed by atoms with E-state index in [1.807, 2.05) is 18.2 Å². The van der Waals surface area contributed by atoms with Crippen molar-refractivity contribution < 1.29 is 4.74 Å². The summed E-state index contributed by atoms with van der Waals surface area (Å²) in [6, 6.07) is 8.09. The third kappa shape index (κ3) is 6.80. The van der Waals surface area contributed by atoms with Gasteiger partial charge in [-0.25, -0.2) is 0 Å². The highest BCUT2D eigenvalue weighted by Gasteiger charge is 2.00. The van der Waals surface area contributed by atoms with Crippen molar-refractivity contribution >= 4 is 6.08 Å². The second-order valence-electron chi connectivity index (χ2n) is 5.43. The maximum Gasteiger partial charge on any atom is 0.118 e. The van der Waals surface area contributed by atoms with Crippen molar-refractivity contribution in [2.75, 3.05) is 7.11 Å². The van der Waals surface area contributed by atoms with E-state index in [0.29, 0.717) is 5.92 Å². The molecule has 0 aromatic heterocycles. The minimum atomic E-state index is 0.419. The van der Waals surface area contributed by atoms with E-state index in [-0.39, 0.29) is 0 Å². The standard InChI is InChI=1S/C20H26O/c1-6-17(4)15-19(14-16(2)3)9-7-8-18-10-12-20(21-5)13-11-18/h6-8,10-15,19H,1,9H2,2-5H3/t19-/m0/s1. The molecule has 0 N–H and O–H groups in total. The first-order chi connectivity index (χ1) is 10.0. The van der Waals surface area contributed by atoms with Crippen LogP contribution in [-0.4, -0.2) is 7.11 Å². The second kappa shape index (κ2) is 9.02. The average Bonchev–Trinajstić information content (AvgIpc) is 2.47. The van der Waals surface area contributed by atoms with Crippen LogP contribution in [0, 0.1) is 5.92 Å². The fourth-order valence-corrected chi connectivity index (χ4v) is 2.09. The normalized spacial score (nSPS) is 13.0. The van der Waals surface area contributed by atoms with Crippen LogP contribution in [0.5, 0.6) is 5.75 Å². The molecule has 1 atom stereocenters. The van der Waals surface area contributed by atoms with E-state index < -0.39 is 0 Å². The molecular formula is C20H26O. The Morgan fingerprint density at radius 1 is 1.14 bits per heavy atom. The van der Waals surface area contributed by atoms with Crippen LogP contribution in [0.25, 0.3) is 6.08 Å². The summed E-state index contributed by atoms with van der Waals surface area (Å²) >= 11 is 0. The Balaban J connectivity index is 2.73. The quantitative estimate of drug-likeness (QED) is 0.452. The summed E-state index contributed by atoms with van der Waals surface area (Å²) in [5.41, 5.74) is 3.75. The molecule has 0 amide bonds. The van der Waals surface area contributed by atoms with Crippen LogP contribution in [-0.2, 0) is 0 Å². The van der Waals surface area contributed by atoms with E-state index in [2.05, 4.69) is 63.8 Å². The van der Waals surface area contributed by atoms with Crippen molar-refractivity contribution in [3.8, 4) is 5.75 Å². The minimum Gasteiger partial charge on any atom is -0.497 e. The molecule has 0 unspecified atom stereocenters. The molecule has 1 rings (SSSR count). The van der Waals surface area contributed by atoms with Gasteiger partial charge in [-0.3, -0.25) is 0 Å². The maximum absolute atomic E-state index is 5.16. The summed E-state index contributed by atoms with van der Waals surface area (Å²) in [6.45, 7) is 10.2. The van der Waals surface area contributed by atoms with Crippen LogP contribution in [0.4, 0.5) is 0 Å². The van der Waals surface area contributed by atoms with E-state index in [1.165, 1.54) is 16.7 Å². The lowest BCUT2D eigenvalue weighted by atomic mass is 9.99. The molecule has 0 spiro atoms. The summed E-state index contributed by atoms with van der Waals surface area (Å²) in [5.74, 6) is 1.31. The highest BCUT2D eigenvalue weighted by atomic mass is 16.5. The van der Waals surface area contributed by atoms with Crippen LogP contribution in [0.2, 0.25) is 0 Å². The van der Waals surface area contributed by atoms with Crippen LogP contribution in [0.3, 0.4) is 0 Å². The highest BCUT2D eigenvalue weighted by Crippen LogP contribution is 2.16. The first-order valence-electron chi connectivity index (χ1n) is 7.31. The molecule has 0 radical (unpaired) electrons. The molecule has 0 saturated carbocycles. The molecule has 0 aliphatic heterocycles. The van der Waals surface area contributed by atoms with E-state index in [0.717, 1.165) is 12.2 Å².